The van der Waals surface area contributed by atoms with Gasteiger partial charge in [-0.15, -0.1) is 0 Å². The normalized spacial score (nSPS) is 18.0. The van der Waals surface area contributed by atoms with Crippen LogP contribution in [0.3, 0.4) is 0 Å². The van der Waals surface area contributed by atoms with Crippen LogP contribution in [0.2, 0.25) is 0 Å². The molecule has 1 aliphatic heterocycles. The summed E-state index contributed by atoms with van der Waals surface area (Å²) in [7, 11) is 0. The van der Waals surface area contributed by atoms with Crippen molar-refractivity contribution in [3.63, 3.8) is 0 Å². The van der Waals surface area contributed by atoms with Gasteiger partial charge < -0.3 is 15.7 Å². The van der Waals surface area contributed by atoms with E-state index in [0.717, 1.165) is 11.3 Å². The molecule has 0 spiro atoms. The molecule has 1 aromatic carbocycles. The number of ether oxygens (including phenoxy) is 1. The number of nitrogen functional groups attached to an aromatic ring is 1. The molecule has 1 aromatic rings. The number of benzene rings is 1. The zero-order valence-electron chi connectivity index (χ0n) is 7.03. The van der Waals surface area contributed by atoms with E-state index in [9.17, 15) is 0 Å². The fourth-order valence-corrected chi connectivity index (χ4v) is 1.40. The molecule has 0 atom stereocenters. The van der Waals surface area contributed by atoms with Gasteiger partial charge in [-0.1, -0.05) is 5.16 Å². The van der Waals surface area contributed by atoms with Crippen LogP contribution in [-0.2, 0) is 0 Å². The monoisotopic (exact) mass is 178 g/mol. The van der Waals surface area contributed by atoms with Gasteiger partial charge in [-0.05, 0) is 18.2 Å². The van der Waals surface area contributed by atoms with Gasteiger partial charge in [-0.3, -0.25) is 0 Å². The van der Waals surface area contributed by atoms with E-state index in [2.05, 4.69) is 5.16 Å². The van der Waals surface area contributed by atoms with E-state index >= 15 is 0 Å². The molecule has 0 fully saturated rings. The molecule has 0 saturated carbocycles. The highest BCUT2D eigenvalue weighted by Gasteiger charge is 2.16. The first-order chi connectivity index (χ1) is 6.31. The summed E-state index contributed by atoms with van der Waals surface area (Å²) in [6.45, 7) is 0.552. The maximum atomic E-state index is 8.72. The topological polar surface area (TPSA) is 67.8 Å². The van der Waals surface area contributed by atoms with Crippen molar-refractivity contribution in [3.8, 4) is 5.75 Å². The summed E-state index contributed by atoms with van der Waals surface area (Å²) in [5.41, 5.74) is 7.67. The summed E-state index contributed by atoms with van der Waals surface area (Å²) in [4.78, 5) is 0. The lowest BCUT2D eigenvalue weighted by atomic mass is 10.0. The van der Waals surface area contributed by atoms with E-state index in [1.807, 2.05) is 0 Å². The maximum Gasteiger partial charge on any atom is 0.128 e. The Morgan fingerprint density at radius 1 is 1.46 bits per heavy atom. The quantitative estimate of drug-likeness (QED) is 0.356. The second-order valence-corrected chi connectivity index (χ2v) is 2.90. The number of anilines is 1. The number of rotatable bonds is 0. The van der Waals surface area contributed by atoms with Crippen molar-refractivity contribution in [2.24, 2.45) is 5.16 Å². The molecule has 0 saturated heterocycles. The lowest BCUT2D eigenvalue weighted by Gasteiger charge is -2.17. The number of hydrogen-bond acceptors (Lipinski definition) is 4. The highest BCUT2D eigenvalue weighted by atomic mass is 16.5. The fraction of sp³-hybridized carbons (Fsp3) is 0.222. The van der Waals surface area contributed by atoms with Gasteiger partial charge in [0.25, 0.3) is 0 Å². The third-order valence-electron chi connectivity index (χ3n) is 2.03. The van der Waals surface area contributed by atoms with E-state index in [1.54, 1.807) is 18.2 Å². The molecule has 0 aliphatic carbocycles. The Kier molecular flexibility index (Phi) is 1.81. The summed E-state index contributed by atoms with van der Waals surface area (Å²) in [6.07, 6.45) is 0.618. The molecule has 0 amide bonds. The molecule has 68 valence electrons. The molecule has 4 heteroatoms. The second kappa shape index (κ2) is 2.97. The molecular formula is C9H10N2O2. The summed E-state index contributed by atoms with van der Waals surface area (Å²) in [5.74, 6) is 0.730. The van der Waals surface area contributed by atoms with E-state index < -0.39 is 0 Å². The van der Waals surface area contributed by atoms with Crippen molar-refractivity contribution in [2.75, 3.05) is 12.3 Å². The van der Waals surface area contributed by atoms with Crippen molar-refractivity contribution in [1.82, 2.24) is 0 Å². The molecule has 3 N–H and O–H groups in total. The maximum absolute atomic E-state index is 8.72. The van der Waals surface area contributed by atoms with Gasteiger partial charge in [0, 0.05) is 17.7 Å². The smallest absolute Gasteiger partial charge is 0.128 e. The average Bonchev–Trinajstić information content (AvgIpc) is 2.17. The molecule has 0 aromatic heterocycles. The van der Waals surface area contributed by atoms with Gasteiger partial charge in [0.1, 0.15) is 5.75 Å². The molecule has 1 heterocycles. The van der Waals surface area contributed by atoms with Crippen LogP contribution in [0.1, 0.15) is 12.0 Å². The summed E-state index contributed by atoms with van der Waals surface area (Å²) >= 11 is 0. The van der Waals surface area contributed by atoms with Crippen LogP contribution < -0.4 is 10.5 Å². The predicted octanol–water partition coefficient (Wildman–Crippen LogP) is 1.23. The summed E-state index contributed by atoms with van der Waals surface area (Å²) in [6, 6.07) is 5.30. The number of hydrogen-bond donors (Lipinski definition) is 2. The molecule has 0 bridgehead atoms. The van der Waals surface area contributed by atoms with E-state index in [0.29, 0.717) is 24.4 Å². The van der Waals surface area contributed by atoms with E-state index in [1.165, 1.54) is 0 Å². The minimum atomic E-state index is 0.552. The van der Waals surface area contributed by atoms with Gasteiger partial charge in [0.2, 0.25) is 0 Å². The van der Waals surface area contributed by atoms with Crippen LogP contribution in [0.4, 0.5) is 5.69 Å². The number of fused-ring (bicyclic) bond motifs is 1. The van der Waals surface area contributed by atoms with Gasteiger partial charge in [-0.2, -0.15) is 0 Å². The highest BCUT2D eigenvalue weighted by Crippen LogP contribution is 2.26. The lowest BCUT2D eigenvalue weighted by Crippen LogP contribution is -2.16. The summed E-state index contributed by atoms with van der Waals surface area (Å²) in [5, 5.41) is 11.9. The Hall–Kier alpha value is -1.71. The zero-order valence-corrected chi connectivity index (χ0v) is 7.03. The van der Waals surface area contributed by atoms with Crippen molar-refractivity contribution in [3.05, 3.63) is 23.8 Å². The van der Waals surface area contributed by atoms with Gasteiger partial charge in [0.05, 0.1) is 12.3 Å². The molecule has 0 radical (unpaired) electrons. The van der Waals surface area contributed by atoms with Crippen LogP contribution in [0, 0.1) is 0 Å². The summed E-state index contributed by atoms with van der Waals surface area (Å²) < 4.78 is 5.36. The van der Waals surface area contributed by atoms with Crippen molar-refractivity contribution < 1.29 is 9.94 Å². The number of nitrogens with two attached hydrogens (primary N) is 1. The zero-order chi connectivity index (χ0) is 9.26. The van der Waals surface area contributed by atoms with Crippen molar-refractivity contribution >= 4 is 11.4 Å². The van der Waals surface area contributed by atoms with Crippen LogP contribution >= 0.6 is 0 Å². The van der Waals surface area contributed by atoms with Gasteiger partial charge in [-0.25, -0.2) is 0 Å². The second-order valence-electron chi connectivity index (χ2n) is 2.90. The van der Waals surface area contributed by atoms with Crippen molar-refractivity contribution in [2.45, 2.75) is 6.42 Å². The molecule has 2 rings (SSSR count). The van der Waals surface area contributed by atoms with Gasteiger partial charge in [0.15, 0.2) is 0 Å². The van der Waals surface area contributed by atoms with Crippen LogP contribution in [0.5, 0.6) is 5.75 Å². The largest absolute Gasteiger partial charge is 0.492 e. The van der Waals surface area contributed by atoms with Crippen LogP contribution in [0.15, 0.2) is 23.4 Å². The Labute approximate surface area is 75.6 Å². The number of oxime groups is 1. The third kappa shape index (κ3) is 1.30. The fourth-order valence-electron chi connectivity index (χ4n) is 1.40. The minimum absolute atomic E-state index is 0.552. The highest BCUT2D eigenvalue weighted by molar-refractivity contribution is 6.04. The Morgan fingerprint density at radius 3 is 3.08 bits per heavy atom. The average molecular weight is 178 g/mol. The molecule has 4 nitrogen and oxygen atoms in total. The standard InChI is InChI=1S/C9H10N2O2/c10-6-1-2-9-7(5-6)8(11-12)3-4-13-9/h1-2,5,12H,3-4,10H2. The van der Waals surface area contributed by atoms with Crippen LogP contribution in [0.25, 0.3) is 0 Å². The Balaban J connectivity index is 2.54. The minimum Gasteiger partial charge on any atom is -0.492 e. The van der Waals surface area contributed by atoms with E-state index in [4.69, 9.17) is 15.7 Å². The number of nitrogens with zero attached hydrogens (tertiary/aromatic N) is 1. The van der Waals surface area contributed by atoms with Crippen LogP contribution in [-0.4, -0.2) is 17.5 Å². The Bertz CT molecular complexity index is 361. The molecule has 1 aliphatic rings. The first-order valence-electron chi connectivity index (χ1n) is 4.05. The predicted molar refractivity (Wildman–Crippen MR) is 49.3 cm³/mol. The molecular weight excluding hydrogens is 168 g/mol. The third-order valence-corrected chi connectivity index (χ3v) is 2.03. The molecule has 0 unspecified atom stereocenters. The Morgan fingerprint density at radius 2 is 2.31 bits per heavy atom. The lowest BCUT2D eigenvalue weighted by molar-refractivity contribution is 0.298. The van der Waals surface area contributed by atoms with E-state index in [-0.39, 0.29) is 0 Å². The SMILES string of the molecule is Nc1ccc2c(c1)C(=NO)CCO2. The first kappa shape index (κ1) is 7.91. The van der Waals surface area contributed by atoms with Crippen molar-refractivity contribution in [1.29, 1.82) is 0 Å². The molecule has 13 heavy (non-hydrogen) atoms. The van der Waals surface area contributed by atoms with Gasteiger partial charge >= 0.3 is 0 Å². The first-order valence-corrected chi connectivity index (χ1v) is 4.05.